The fraction of sp³-hybridized carbons (Fsp3) is 0.900. The summed E-state index contributed by atoms with van der Waals surface area (Å²) in [4.78, 5) is 13.8. The monoisotopic (exact) mass is 184 g/mol. The Morgan fingerprint density at radius 3 is 2.46 bits per heavy atom. The Hall–Kier alpha value is -0.570. The van der Waals surface area contributed by atoms with Crippen molar-refractivity contribution in [2.75, 3.05) is 20.1 Å². The number of likely N-dealkylation sites (N-methyl/N-ethyl adjacent to an activating group) is 1. The van der Waals surface area contributed by atoms with Gasteiger partial charge in [-0.15, -0.1) is 0 Å². The molecule has 13 heavy (non-hydrogen) atoms. The van der Waals surface area contributed by atoms with Gasteiger partial charge in [0.2, 0.25) is 5.91 Å². The fourth-order valence-electron chi connectivity index (χ4n) is 1.65. The summed E-state index contributed by atoms with van der Waals surface area (Å²) in [6.45, 7) is 7.69. The standard InChI is InChI=1S/C10H20N2O/c1-10(2,3)9(13)12-6-5-8(7-12)11-4/h8,11H,5-7H2,1-4H3/t8-/m0/s1. The SMILES string of the molecule is CN[C@H]1CCN(C(=O)C(C)(C)C)C1. The van der Waals surface area contributed by atoms with E-state index in [0.717, 1.165) is 19.5 Å². The Morgan fingerprint density at radius 1 is 1.46 bits per heavy atom. The maximum absolute atomic E-state index is 11.8. The lowest BCUT2D eigenvalue weighted by molar-refractivity contribution is -0.138. The molecule has 0 aliphatic carbocycles. The normalized spacial score (nSPS) is 23.7. The van der Waals surface area contributed by atoms with Gasteiger partial charge in [0.15, 0.2) is 0 Å². The molecule has 1 N–H and O–H groups in total. The van der Waals surface area contributed by atoms with Crippen LogP contribution in [0, 0.1) is 5.41 Å². The first kappa shape index (κ1) is 10.5. The summed E-state index contributed by atoms with van der Waals surface area (Å²) in [6.07, 6.45) is 1.08. The first-order valence-electron chi connectivity index (χ1n) is 4.92. The van der Waals surface area contributed by atoms with Gasteiger partial charge in [-0.2, -0.15) is 0 Å². The molecule has 1 saturated heterocycles. The molecule has 1 heterocycles. The van der Waals surface area contributed by atoms with Gasteiger partial charge < -0.3 is 10.2 Å². The molecule has 1 rings (SSSR count). The van der Waals surface area contributed by atoms with Crippen molar-refractivity contribution in [1.82, 2.24) is 10.2 Å². The minimum absolute atomic E-state index is 0.234. The van der Waals surface area contributed by atoms with Gasteiger partial charge in [0, 0.05) is 24.5 Å². The zero-order valence-corrected chi connectivity index (χ0v) is 9.05. The van der Waals surface area contributed by atoms with Gasteiger partial charge in [-0.05, 0) is 13.5 Å². The van der Waals surface area contributed by atoms with Crippen LogP contribution in [0.4, 0.5) is 0 Å². The van der Waals surface area contributed by atoms with E-state index in [-0.39, 0.29) is 11.3 Å². The van der Waals surface area contributed by atoms with Gasteiger partial charge in [-0.1, -0.05) is 20.8 Å². The molecule has 0 bridgehead atoms. The number of nitrogens with zero attached hydrogens (tertiary/aromatic N) is 1. The maximum Gasteiger partial charge on any atom is 0.228 e. The zero-order chi connectivity index (χ0) is 10.1. The molecule has 0 saturated carbocycles. The number of rotatable bonds is 1. The molecule has 1 atom stereocenters. The van der Waals surface area contributed by atoms with Gasteiger partial charge in [-0.25, -0.2) is 0 Å². The highest BCUT2D eigenvalue weighted by Gasteiger charge is 2.31. The highest BCUT2D eigenvalue weighted by atomic mass is 16.2. The average Bonchev–Trinajstić information content (AvgIpc) is 2.48. The van der Waals surface area contributed by atoms with E-state index in [4.69, 9.17) is 0 Å². The molecule has 1 aliphatic heterocycles. The van der Waals surface area contributed by atoms with Crippen LogP contribution >= 0.6 is 0 Å². The van der Waals surface area contributed by atoms with Gasteiger partial charge in [-0.3, -0.25) is 4.79 Å². The molecule has 1 amide bonds. The number of carbonyl (C=O) groups is 1. The molecule has 76 valence electrons. The van der Waals surface area contributed by atoms with Crippen LogP contribution < -0.4 is 5.32 Å². The minimum Gasteiger partial charge on any atom is -0.341 e. The molecular weight excluding hydrogens is 164 g/mol. The molecule has 0 aromatic carbocycles. The summed E-state index contributed by atoms with van der Waals surface area (Å²) in [5.74, 6) is 0.269. The first-order valence-corrected chi connectivity index (χ1v) is 4.92. The Labute approximate surface area is 80.5 Å². The third-order valence-electron chi connectivity index (χ3n) is 2.53. The number of hydrogen-bond acceptors (Lipinski definition) is 2. The van der Waals surface area contributed by atoms with Crippen LogP contribution in [-0.4, -0.2) is 37.0 Å². The van der Waals surface area contributed by atoms with Crippen LogP contribution in [0.2, 0.25) is 0 Å². The number of nitrogens with one attached hydrogen (secondary N) is 1. The Morgan fingerprint density at radius 2 is 2.08 bits per heavy atom. The van der Waals surface area contributed by atoms with Crippen LogP contribution in [0.25, 0.3) is 0 Å². The zero-order valence-electron chi connectivity index (χ0n) is 9.05. The molecule has 0 aromatic rings. The van der Waals surface area contributed by atoms with E-state index in [9.17, 15) is 4.79 Å². The number of carbonyl (C=O) groups excluding carboxylic acids is 1. The largest absolute Gasteiger partial charge is 0.341 e. The van der Waals surface area contributed by atoms with Gasteiger partial charge >= 0.3 is 0 Å². The molecule has 3 nitrogen and oxygen atoms in total. The number of hydrogen-bond donors (Lipinski definition) is 1. The van der Waals surface area contributed by atoms with Crippen molar-refractivity contribution in [1.29, 1.82) is 0 Å². The molecule has 0 radical (unpaired) electrons. The minimum atomic E-state index is -0.234. The number of amides is 1. The topological polar surface area (TPSA) is 32.3 Å². The van der Waals surface area contributed by atoms with Crippen molar-refractivity contribution < 1.29 is 4.79 Å². The van der Waals surface area contributed by atoms with E-state index in [1.54, 1.807) is 0 Å². The molecule has 0 aromatic heterocycles. The molecule has 0 spiro atoms. The van der Waals surface area contributed by atoms with Crippen LogP contribution in [-0.2, 0) is 4.79 Å². The quantitative estimate of drug-likeness (QED) is 0.655. The smallest absolute Gasteiger partial charge is 0.228 e. The molecular formula is C10H20N2O. The molecule has 3 heteroatoms. The Bertz CT molecular complexity index is 196. The second-order valence-electron chi connectivity index (χ2n) is 4.78. The van der Waals surface area contributed by atoms with Gasteiger partial charge in [0.25, 0.3) is 0 Å². The van der Waals surface area contributed by atoms with Gasteiger partial charge in [0.1, 0.15) is 0 Å². The van der Waals surface area contributed by atoms with Gasteiger partial charge in [0.05, 0.1) is 0 Å². The van der Waals surface area contributed by atoms with Crippen LogP contribution in [0.15, 0.2) is 0 Å². The summed E-state index contributed by atoms with van der Waals surface area (Å²) >= 11 is 0. The van der Waals surface area contributed by atoms with Crippen molar-refractivity contribution >= 4 is 5.91 Å². The lowest BCUT2D eigenvalue weighted by atomic mass is 9.95. The van der Waals surface area contributed by atoms with Crippen LogP contribution in [0.1, 0.15) is 27.2 Å². The van der Waals surface area contributed by atoms with Crippen molar-refractivity contribution in [3.05, 3.63) is 0 Å². The average molecular weight is 184 g/mol. The van der Waals surface area contributed by atoms with Crippen molar-refractivity contribution in [2.24, 2.45) is 5.41 Å². The highest BCUT2D eigenvalue weighted by molar-refractivity contribution is 5.81. The highest BCUT2D eigenvalue weighted by Crippen LogP contribution is 2.20. The first-order chi connectivity index (χ1) is 5.95. The van der Waals surface area contributed by atoms with Crippen molar-refractivity contribution in [2.45, 2.75) is 33.2 Å². The predicted molar refractivity (Wildman–Crippen MR) is 53.5 cm³/mol. The fourth-order valence-corrected chi connectivity index (χ4v) is 1.65. The second-order valence-corrected chi connectivity index (χ2v) is 4.78. The third kappa shape index (κ3) is 2.44. The third-order valence-corrected chi connectivity index (χ3v) is 2.53. The van der Waals surface area contributed by atoms with E-state index >= 15 is 0 Å². The number of likely N-dealkylation sites (tertiary alicyclic amines) is 1. The second kappa shape index (κ2) is 3.66. The molecule has 1 aliphatic rings. The Balaban J connectivity index is 2.52. The van der Waals surface area contributed by atoms with E-state index in [1.807, 2.05) is 32.7 Å². The predicted octanol–water partition coefficient (Wildman–Crippen LogP) is 0.853. The van der Waals surface area contributed by atoms with E-state index in [0.29, 0.717) is 6.04 Å². The van der Waals surface area contributed by atoms with E-state index in [1.165, 1.54) is 0 Å². The molecule has 0 unspecified atom stereocenters. The summed E-state index contributed by atoms with van der Waals surface area (Å²) in [7, 11) is 1.95. The summed E-state index contributed by atoms with van der Waals surface area (Å²) in [6, 6.07) is 0.492. The van der Waals surface area contributed by atoms with Crippen LogP contribution in [0.3, 0.4) is 0 Å². The summed E-state index contributed by atoms with van der Waals surface area (Å²) in [5.41, 5.74) is -0.234. The van der Waals surface area contributed by atoms with E-state index in [2.05, 4.69) is 5.32 Å². The maximum atomic E-state index is 11.8. The van der Waals surface area contributed by atoms with Crippen molar-refractivity contribution in [3.63, 3.8) is 0 Å². The lowest BCUT2D eigenvalue weighted by Gasteiger charge is -2.25. The van der Waals surface area contributed by atoms with E-state index < -0.39 is 0 Å². The summed E-state index contributed by atoms with van der Waals surface area (Å²) in [5, 5.41) is 3.21. The Kier molecular flexibility index (Phi) is 2.96. The lowest BCUT2D eigenvalue weighted by Crippen LogP contribution is -2.39. The van der Waals surface area contributed by atoms with Crippen molar-refractivity contribution in [3.8, 4) is 0 Å². The molecule has 1 fully saturated rings. The summed E-state index contributed by atoms with van der Waals surface area (Å²) < 4.78 is 0. The van der Waals surface area contributed by atoms with Crippen LogP contribution in [0.5, 0.6) is 0 Å².